The molecule has 0 saturated carbocycles. The number of anilines is 2. The first-order chi connectivity index (χ1) is 17.1. The number of fused-ring (bicyclic) bond motifs is 1. The zero-order chi connectivity index (χ0) is 25.9. The number of aromatic nitrogens is 3. The van der Waals surface area contributed by atoms with Crippen LogP contribution in [-0.2, 0) is 0 Å². The molecule has 0 radical (unpaired) electrons. The molecule has 1 aliphatic heterocycles. The van der Waals surface area contributed by atoms with Crippen molar-refractivity contribution in [3.8, 4) is 11.1 Å². The fraction of sp³-hybridized carbons (Fsp3) is 0.458. The van der Waals surface area contributed by atoms with Gasteiger partial charge >= 0.3 is 6.18 Å². The van der Waals surface area contributed by atoms with Crippen LogP contribution in [0.3, 0.4) is 0 Å². The van der Waals surface area contributed by atoms with Crippen LogP contribution < -0.4 is 20.9 Å². The Labute approximate surface area is 210 Å². The molecule has 7 nitrogen and oxygen atoms in total. The lowest BCUT2D eigenvalue weighted by atomic mass is 10.0. The first-order valence-corrected chi connectivity index (χ1v) is 12.7. The molecule has 1 aromatic carbocycles. The molecule has 12 heteroatoms. The normalized spacial score (nSPS) is 15.0. The molecule has 0 atom stereocenters. The number of rotatable bonds is 8. The van der Waals surface area contributed by atoms with Crippen molar-refractivity contribution in [1.29, 1.82) is 0 Å². The molecule has 4 rings (SSSR count). The zero-order valence-electron chi connectivity index (χ0n) is 20.0. The summed E-state index contributed by atoms with van der Waals surface area (Å²) >= 11 is 0.772. The van der Waals surface area contributed by atoms with Crippen LogP contribution in [0.15, 0.2) is 35.3 Å². The van der Waals surface area contributed by atoms with Crippen molar-refractivity contribution in [1.82, 2.24) is 19.9 Å². The Hall–Kier alpha value is -2.86. The second-order valence-electron chi connectivity index (χ2n) is 8.98. The van der Waals surface area contributed by atoms with Gasteiger partial charge in [-0.15, -0.1) is 0 Å². The molecular formula is C24H28F4N6OS. The van der Waals surface area contributed by atoms with Crippen molar-refractivity contribution in [3.63, 3.8) is 0 Å². The van der Waals surface area contributed by atoms with E-state index in [-0.39, 0.29) is 34.6 Å². The summed E-state index contributed by atoms with van der Waals surface area (Å²) in [6.45, 7) is 5.58. The predicted molar refractivity (Wildman–Crippen MR) is 136 cm³/mol. The summed E-state index contributed by atoms with van der Waals surface area (Å²) in [5, 5.41) is 7.30. The van der Waals surface area contributed by atoms with E-state index in [1.54, 1.807) is 22.9 Å². The number of hydrogen-bond donors (Lipinski definition) is 3. The van der Waals surface area contributed by atoms with E-state index >= 15 is 0 Å². The van der Waals surface area contributed by atoms with Crippen molar-refractivity contribution < 1.29 is 17.6 Å². The maximum atomic E-state index is 14.7. The largest absolute Gasteiger partial charge is 0.389 e. The number of hydrogen-bond acceptors (Lipinski definition) is 7. The lowest BCUT2D eigenvalue weighted by molar-refractivity contribution is -0.129. The molecule has 1 aliphatic rings. The van der Waals surface area contributed by atoms with Crippen LogP contribution in [0.2, 0.25) is 0 Å². The highest BCUT2D eigenvalue weighted by molar-refractivity contribution is 8.00. The Kier molecular flexibility index (Phi) is 8.04. The Morgan fingerprint density at radius 2 is 1.97 bits per heavy atom. The number of piperidine rings is 1. The maximum absolute atomic E-state index is 14.7. The molecule has 0 unspecified atom stereocenters. The summed E-state index contributed by atoms with van der Waals surface area (Å²) in [6.07, 6.45) is -1.69. The van der Waals surface area contributed by atoms with Gasteiger partial charge in [0.1, 0.15) is 11.5 Å². The van der Waals surface area contributed by atoms with Crippen molar-refractivity contribution in [3.05, 3.63) is 46.6 Å². The molecule has 1 saturated heterocycles. The Morgan fingerprint density at radius 1 is 1.22 bits per heavy atom. The van der Waals surface area contributed by atoms with Crippen molar-refractivity contribution in [2.24, 2.45) is 0 Å². The molecule has 0 amide bonds. The lowest BCUT2D eigenvalue weighted by Gasteiger charge is -2.24. The van der Waals surface area contributed by atoms with Crippen LogP contribution in [-0.4, -0.2) is 45.6 Å². The first-order valence-electron chi connectivity index (χ1n) is 11.8. The van der Waals surface area contributed by atoms with Gasteiger partial charge in [0, 0.05) is 35.0 Å². The molecule has 2 aromatic heterocycles. The van der Waals surface area contributed by atoms with Crippen molar-refractivity contribution >= 4 is 34.6 Å². The van der Waals surface area contributed by atoms with Crippen LogP contribution in [0.25, 0.3) is 22.2 Å². The quantitative estimate of drug-likeness (QED) is 0.208. The molecule has 194 valence electrons. The van der Waals surface area contributed by atoms with Gasteiger partial charge in [0.15, 0.2) is 0 Å². The van der Waals surface area contributed by atoms with E-state index in [4.69, 9.17) is 0 Å². The number of nitrogens with one attached hydrogen (secondary N) is 3. The molecule has 0 aliphatic carbocycles. The third-order valence-electron chi connectivity index (χ3n) is 5.91. The number of pyridine rings is 1. The SMILES string of the molecule is CC(C)n1c(=O)c(-c2ccc(NSCCC(F)(F)F)c(F)c2)cc2cnc(NC3CCNCC3)nc21. The Morgan fingerprint density at radius 3 is 2.64 bits per heavy atom. The summed E-state index contributed by atoms with van der Waals surface area (Å²) in [4.78, 5) is 22.5. The summed E-state index contributed by atoms with van der Waals surface area (Å²) in [7, 11) is 0. The van der Waals surface area contributed by atoms with Gasteiger partial charge < -0.3 is 15.4 Å². The summed E-state index contributed by atoms with van der Waals surface area (Å²) < 4.78 is 55.8. The lowest BCUT2D eigenvalue weighted by Crippen LogP contribution is -2.35. The molecular weight excluding hydrogens is 496 g/mol. The zero-order valence-corrected chi connectivity index (χ0v) is 20.8. The van der Waals surface area contributed by atoms with Gasteiger partial charge in [-0.25, -0.2) is 9.37 Å². The number of benzene rings is 1. The van der Waals surface area contributed by atoms with Gasteiger partial charge in [0.2, 0.25) is 5.95 Å². The highest BCUT2D eigenvalue weighted by atomic mass is 32.2. The molecule has 3 aromatic rings. The number of nitrogens with zero attached hydrogens (tertiary/aromatic N) is 3. The fourth-order valence-electron chi connectivity index (χ4n) is 4.09. The van der Waals surface area contributed by atoms with Crippen LogP contribution in [0, 0.1) is 5.82 Å². The van der Waals surface area contributed by atoms with E-state index in [1.165, 1.54) is 12.1 Å². The minimum atomic E-state index is -4.27. The fourth-order valence-corrected chi connectivity index (χ4v) is 4.84. The van der Waals surface area contributed by atoms with Gasteiger partial charge in [0.05, 0.1) is 12.1 Å². The highest BCUT2D eigenvalue weighted by Crippen LogP contribution is 2.28. The van der Waals surface area contributed by atoms with E-state index < -0.39 is 18.4 Å². The van der Waals surface area contributed by atoms with Gasteiger partial charge in [-0.05, 0) is 63.5 Å². The van der Waals surface area contributed by atoms with Crippen LogP contribution in [0.1, 0.15) is 39.2 Å². The first kappa shape index (κ1) is 26.2. The van der Waals surface area contributed by atoms with Crippen molar-refractivity contribution in [2.75, 3.05) is 28.9 Å². The highest BCUT2D eigenvalue weighted by Gasteiger charge is 2.26. The smallest absolute Gasteiger partial charge is 0.351 e. The van der Waals surface area contributed by atoms with E-state index in [2.05, 4.69) is 25.3 Å². The molecule has 3 heterocycles. The second-order valence-corrected chi connectivity index (χ2v) is 9.88. The van der Waals surface area contributed by atoms with Crippen LogP contribution in [0.5, 0.6) is 0 Å². The molecule has 0 bridgehead atoms. The standard InChI is InChI=1S/C24H28F4N6OS/c1-14(2)34-21-16(13-30-23(32-21)31-17-5-8-29-9-6-17)11-18(22(34)35)15-3-4-20(19(25)12-15)33-36-10-7-24(26,27)28/h3-4,11-14,17,29,33H,5-10H2,1-2H3,(H,30,31,32). The molecule has 36 heavy (non-hydrogen) atoms. The third kappa shape index (κ3) is 6.28. The van der Waals surface area contributed by atoms with E-state index in [9.17, 15) is 22.4 Å². The van der Waals surface area contributed by atoms with Gasteiger partial charge in [0.25, 0.3) is 5.56 Å². The molecule has 0 spiro atoms. The Bertz CT molecular complexity index is 1270. The Balaban J connectivity index is 1.62. The number of alkyl halides is 3. The van der Waals surface area contributed by atoms with Crippen LogP contribution in [0.4, 0.5) is 29.2 Å². The van der Waals surface area contributed by atoms with E-state index in [1.807, 2.05) is 13.8 Å². The van der Waals surface area contributed by atoms with Gasteiger partial charge in [-0.3, -0.25) is 9.36 Å². The summed E-state index contributed by atoms with van der Waals surface area (Å²) in [5.41, 5.74) is 0.868. The maximum Gasteiger partial charge on any atom is 0.389 e. The predicted octanol–water partition coefficient (Wildman–Crippen LogP) is 5.35. The molecule has 3 N–H and O–H groups in total. The second kappa shape index (κ2) is 11.0. The van der Waals surface area contributed by atoms with Crippen molar-refractivity contribution in [2.45, 2.75) is 51.4 Å². The van der Waals surface area contributed by atoms with E-state index in [0.29, 0.717) is 22.5 Å². The number of halogens is 4. The minimum absolute atomic E-state index is 0.0489. The molecule has 1 fully saturated rings. The monoisotopic (exact) mass is 524 g/mol. The summed E-state index contributed by atoms with van der Waals surface area (Å²) in [6, 6.07) is 5.87. The summed E-state index contributed by atoms with van der Waals surface area (Å²) in [5.74, 6) is -0.455. The van der Waals surface area contributed by atoms with Gasteiger partial charge in [-0.1, -0.05) is 18.0 Å². The average Bonchev–Trinajstić information content (AvgIpc) is 2.82. The van der Waals surface area contributed by atoms with E-state index in [0.717, 1.165) is 37.9 Å². The van der Waals surface area contributed by atoms with Gasteiger partial charge in [-0.2, -0.15) is 18.2 Å². The average molecular weight is 525 g/mol. The minimum Gasteiger partial charge on any atom is -0.351 e. The van der Waals surface area contributed by atoms with Crippen LogP contribution >= 0.6 is 11.9 Å². The topological polar surface area (TPSA) is 83.9 Å². The third-order valence-corrected chi connectivity index (χ3v) is 6.68.